The van der Waals surface area contributed by atoms with Crippen molar-refractivity contribution in [1.29, 1.82) is 0 Å². The molecule has 0 bridgehead atoms. The highest BCUT2D eigenvalue weighted by Crippen LogP contribution is 2.22. The molecule has 0 unspecified atom stereocenters. The van der Waals surface area contributed by atoms with Crippen LogP contribution in [0.15, 0.2) is 17.5 Å². The number of carbonyl (C=O) groups is 1. The topological polar surface area (TPSA) is 74.7 Å². The molecule has 3 rings (SSSR count). The number of carbonyl (C=O) groups excluding carboxylic acids is 1. The Labute approximate surface area is 137 Å². The lowest BCUT2D eigenvalue weighted by Gasteiger charge is -2.23. The highest BCUT2D eigenvalue weighted by Gasteiger charge is 2.16. The van der Waals surface area contributed by atoms with Crippen LogP contribution in [-0.2, 0) is 11.3 Å². The Morgan fingerprint density at radius 2 is 2.50 bits per heavy atom. The summed E-state index contributed by atoms with van der Waals surface area (Å²) >= 11 is 6.88. The summed E-state index contributed by atoms with van der Waals surface area (Å²) in [7, 11) is 0. The van der Waals surface area contributed by atoms with E-state index in [1.807, 2.05) is 22.1 Å². The normalized spacial score (nSPS) is 18.3. The number of nitrogens with zero attached hydrogens (tertiary/aromatic N) is 2. The number of H-pyrrole nitrogens is 1. The molecule has 2 aromatic heterocycles. The summed E-state index contributed by atoms with van der Waals surface area (Å²) in [5.41, 5.74) is 0. The molecule has 0 aromatic carbocycles. The Kier molecular flexibility index (Phi) is 5.01. The molecule has 0 saturated carbocycles. The number of nitrogens with one attached hydrogen (secondary N) is 3. The van der Waals surface area contributed by atoms with E-state index in [2.05, 4.69) is 20.8 Å². The molecule has 0 spiro atoms. The standard InChI is InChI=1S/C14H19N5OS2/c20-12(16-10-3-1-6-15-9-10)5-7-19-13(17-18-14(19)21)11-4-2-8-22-11/h2,4,8,10,15H,1,3,5-7,9H2,(H,16,20)(H,18,21)/t10-/m0/s1. The van der Waals surface area contributed by atoms with Gasteiger partial charge in [-0.25, -0.2) is 0 Å². The van der Waals surface area contributed by atoms with Crippen LogP contribution in [0.4, 0.5) is 0 Å². The van der Waals surface area contributed by atoms with Crippen molar-refractivity contribution in [3.05, 3.63) is 22.3 Å². The van der Waals surface area contributed by atoms with E-state index in [0.29, 0.717) is 17.7 Å². The first-order valence-corrected chi connectivity index (χ1v) is 8.72. The Morgan fingerprint density at radius 1 is 1.59 bits per heavy atom. The molecule has 8 heteroatoms. The summed E-state index contributed by atoms with van der Waals surface area (Å²) in [6.07, 6.45) is 2.56. The predicted octanol–water partition coefficient (Wildman–Crippen LogP) is 1.93. The van der Waals surface area contributed by atoms with Crippen LogP contribution in [0.25, 0.3) is 10.7 Å². The van der Waals surface area contributed by atoms with Gasteiger partial charge in [-0.15, -0.1) is 11.3 Å². The van der Waals surface area contributed by atoms with Crippen LogP contribution in [-0.4, -0.2) is 39.8 Å². The number of thiophene rings is 1. The van der Waals surface area contributed by atoms with Crippen molar-refractivity contribution < 1.29 is 4.79 Å². The molecule has 22 heavy (non-hydrogen) atoms. The van der Waals surface area contributed by atoms with Crippen LogP contribution >= 0.6 is 23.6 Å². The molecule has 6 nitrogen and oxygen atoms in total. The minimum Gasteiger partial charge on any atom is -0.352 e. The number of aromatic amines is 1. The van der Waals surface area contributed by atoms with Crippen LogP contribution < -0.4 is 10.6 Å². The summed E-state index contributed by atoms with van der Waals surface area (Å²) in [6, 6.07) is 4.22. The zero-order valence-electron chi connectivity index (χ0n) is 12.2. The lowest BCUT2D eigenvalue weighted by Crippen LogP contribution is -2.45. The fraction of sp³-hybridized carbons (Fsp3) is 0.500. The Bertz CT molecular complexity index is 670. The average molecular weight is 337 g/mol. The van der Waals surface area contributed by atoms with Gasteiger partial charge in [0.1, 0.15) is 0 Å². The van der Waals surface area contributed by atoms with Crippen LogP contribution in [0.1, 0.15) is 19.3 Å². The number of hydrogen-bond acceptors (Lipinski definition) is 5. The van der Waals surface area contributed by atoms with E-state index in [0.717, 1.165) is 36.6 Å². The van der Waals surface area contributed by atoms with Gasteiger partial charge in [0.15, 0.2) is 10.6 Å². The van der Waals surface area contributed by atoms with Crippen LogP contribution in [0, 0.1) is 4.77 Å². The Balaban J connectivity index is 1.60. The second kappa shape index (κ2) is 7.17. The van der Waals surface area contributed by atoms with E-state index in [9.17, 15) is 4.79 Å². The Morgan fingerprint density at radius 3 is 3.23 bits per heavy atom. The highest BCUT2D eigenvalue weighted by atomic mass is 32.1. The van der Waals surface area contributed by atoms with Crippen molar-refractivity contribution >= 4 is 29.5 Å². The van der Waals surface area contributed by atoms with Gasteiger partial charge in [0.2, 0.25) is 5.91 Å². The molecule has 1 saturated heterocycles. The van der Waals surface area contributed by atoms with Gasteiger partial charge in [0.25, 0.3) is 0 Å². The quantitative estimate of drug-likeness (QED) is 0.729. The van der Waals surface area contributed by atoms with Crippen LogP contribution in [0.5, 0.6) is 0 Å². The summed E-state index contributed by atoms with van der Waals surface area (Å²) < 4.78 is 2.44. The van der Waals surface area contributed by atoms with Gasteiger partial charge in [0.05, 0.1) is 4.88 Å². The number of piperidine rings is 1. The third-order valence-electron chi connectivity index (χ3n) is 3.72. The van der Waals surface area contributed by atoms with E-state index < -0.39 is 0 Å². The van der Waals surface area contributed by atoms with Crippen molar-refractivity contribution in [3.63, 3.8) is 0 Å². The number of aromatic nitrogens is 3. The molecule has 1 aliphatic heterocycles. The minimum absolute atomic E-state index is 0.0638. The average Bonchev–Trinajstić information content (AvgIpc) is 3.16. The summed E-state index contributed by atoms with van der Waals surface area (Å²) in [5.74, 6) is 0.862. The monoisotopic (exact) mass is 337 g/mol. The van der Waals surface area contributed by atoms with E-state index in [4.69, 9.17) is 12.2 Å². The maximum atomic E-state index is 12.1. The minimum atomic E-state index is 0.0638. The fourth-order valence-corrected chi connectivity index (χ4v) is 3.55. The van der Waals surface area contributed by atoms with Gasteiger partial charge >= 0.3 is 0 Å². The largest absolute Gasteiger partial charge is 0.352 e. The van der Waals surface area contributed by atoms with E-state index in [-0.39, 0.29) is 11.9 Å². The molecule has 0 aliphatic carbocycles. The third kappa shape index (κ3) is 3.63. The zero-order chi connectivity index (χ0) is 15.4. The van der Waals surface area contributed by atoms with Gasteiger partial charge in [-0.05, 0) is 43.1 Å². The lowest BCUT2D eigenvalue weighted by molar-refractivity contribution is -0.122. The van der Waals surface area contributed by atoms with E-state index in [1.165, 1.54) is 0 Å². The van der Waals surface area contributed by atoms with Crippen molar-refractivity contribution in [3.8, 4) is 10.7 Å². The first-order chi connectivity index (χ1) is 10.7. The maximum absolute atomic E-state index is 12.1. The molecule has 1 amide bonds. The number of amides is 1. The third-order valence-corrected chi connectivity index (χ3v) is 4.90. The number of rotatable bonds is 5. The van der Waals surface area contributed by atoms with Gasteiger partial charge in [-0.2, -0.15) is 5.10 Å². The van der Waals surface area contributed by atoms with E-state index in [1.54, 1.807) is 11.3 Å². The van der Waals surface area contributed by atoms with Crippen molar-refractivity contribution in [2.45, 2.75) is 31.8 Å². The molecular weight excluding hydrogens is 318 g/mol. The zero-order valence-corrected chi connectivity index (χ0v) is 13.8. The van der Waals surface area contributed by atoms with Gasteiger partial charge in [0, 0.05) is 25.6 Å². The summed E-state index contributed by atoms with van der Waals surface area (Å²) in [4.78, 5) is 13.1. The molecule has 1 atom stereocenters. The second-order valence-corrected chi connectivity index (χ2v) is 6.68. The Hall–Kier alpha value is -1.51. The van der Waals surface area contributed by atoms with Crippen molar-refractivity contribution in [1.82, 2.24) is 25.4 Å². The van der Waals surface area contributed by atoms with Crippen LogP contribution in [0.3, 0.4) is 0 Å². The van der Waals surface area contributed by atoms with Gasteiger partial charge < -0.3 is 10.6 Å². The van der Waals surface area contributed by atoms with Gasteiger partial charge in [-0.3, -0.25) is 14.5 Å². The first kappa shape index (κ1) is 15.4. The van der Waals surface area contributed by atoms with Gasteiger partial charge in [-0.1, -0.05) is 6.07 Å². The molecule has 3 heterocycles. The first-order valence-electron chi connectivity index (χ1n) is 7.43. The maximum Gasteiger partial charge on any atom is 0.222 e. The summed E-state index contributed by atoms with van der Waals surface area (Å²) in [5, 5.41) is 15.5. The smallest absolute Gasteiger partial charge is 0.222 e. The SMILES string of the molecule is O=C(CCn1c(-c2cccs2)n[nH]c1=S)N[C@H]1CCCNC1. The van der Waals surface area contributed by atoms with Crippen molar-refractivity contribution in [2.75, 3.05) is 13.1 Å². The molecule has 118 valence electrons. The predicted molar refractivity (Wildman–Crippen MR) is 89.4 cm³/mol. The lowest BCUT2D eigenvalue weighted by atomic mass is 10.1. The second-order valence-electron chi connectivity index (χ2n) is 5.34. The number of hydrogen-bond donors (Lipinski definition) is 3. The molecule has 0 radical (unpaired) electrons. The van der Waals surface area contributed by atoms with Crippen molar-refractivity contribution in [2.24, 2.45) is 0 Å². The van der Waals surface area contributed by atoms with Crippen LogP contribution in [0.2, 0.25) is 0 Å². The highest BCUT2D eigenvalue weighted by molar-refractivity contribution is 7.71. The molecule has 1 aliphatic rings. The molecule has 3 N–H and O–H groups in total. The summed E-state index contributed by atoms with van der Waals surface area (Å²) in [6.45, 7) is 2.44. The van der Waals surface area contributed by atoms with E-state index >= 15 is 0 Å². The molecular formula is C14H19N5OS2. The fourth-order valence-electron chi connectivity index (χ4n) is 2.61. The molecule has 2 aromatic rings. The molecule has 1 fully saturated rings.